The van der Waals surface area contributed by atoms with Crippen molar-refractivity contribution in [1.82, 2.24) is 10.5 Å². The topological polar surface area (TPSA) is 64.4 Å². The van der Waals surface area contributed by atoms with Crippen LogP contribution in [0.1, 0.15) is 45.9 Å². The molecule has 0 aliphatic carbocycles. The smallest absolute Gasteiger partial charge is 0.251 e. The van der Waals surface area contributed by atoms with Crippen molar-refractivity contribution in [2.24, 2.45) is 0 Å². The Labute approximate surface area is 157 Å². The third-order valence-electron chi connectivity index (χ3n) is 4.38. The van der Waals surface area contributed by atoms with Gasteiger partial charge in [0.2, 0.25) is 0 Å². The average Bonchev–Trinajstić information content (AvgIpc) is 2.98. The van der Waals surface area contributed by atoms with Crippen molar-refractivity contribution in [3.8, 4) is 5.75 Å². The van der Waals surface area contributed by atoms with Crippen molar-refractivity contribution in [1.29, 1.82) is 0 Å². The van der Waals surface area contributed by atoms with Gasteiger partial charge in [-0.1, -0.05) is 23.4 Å². The highest BCUT2D eigenvalue weighted by Gasteiger charge is 2.13. The number of rotatable bonds is 6. The van der Waals surface area contributed by atoms with Crippen molar-refractivity contribution in [2.75, 3.05) is 0 Å². The van der Waals surface area contributed by atoms with Gasteiger partial charge in [-0.05, 0) is 56.7 Å². The zero-order valence-corrected chi connectivity index (χ0v) is 15.5. The predicted octanol–water partition coefficient (Wildman–Crippen LogP) is 4.50. The van der Waals surface area contributed by atoms with E-state index in [0.717, 1.165) is 22.6 Å². The third-order valence-corrected chi connectivity index (χ3v) is 4.38. The molecule has 0 saturated carbocycles. The number of amides is 1. The highest BCUT2D eigenvalue weighted by molar-refractivity contribution is 5.94. The summed E-state index contributed by atoms with van der Waals surface area (Å²) in [4.78, 5) is 12.5. The molecular formula is C21H21FN2O3. The Morgan fingerprint density at radius 3 is 2.63 bits per heavy atom. The molecule has 1 aromatic heterocycles. The van der Waals surface area contributed by atoms with Gasteiger partial charge in [-0.15, -0.1) is 0 Å². The quantitative estimate of drug-likeness (QED) is 0.696. The minimum atomic E-state index is -0.305. The fourth-order valence-electron chi connectivity index (χ4n) is 2.71. The molecule has 2 aromatic carbocycles. The van der Waals surface area contributed by atoms with Crippen LogP contribution < -0.4 is 10.1 Å². The van der Waals surface area contributed by atoms with Gasteiger partial charge in [0.1, 0.15) is 23.9 Å². The number of nitrogens with zero attached hydrogens (tertiary/aromatic N) is 1. The molecule has 0 fully saturated rings. The second-order valence-corrected chi connectivity index (χ2v) is 6.37. The van der Waals surface area contributed by atoms with E-state index in [1.165, 1.54) is 12.1 Å². The van der Waals surface area contributed by atoms with E-state index >= 15 is 0 Å². The molecule has 0 saturated heterocycles. The number of ether oxygens (including phenoxy) is 1. The summed E-state index contributed by atoms with van der Waals surface area (Å²) >= 11 is 0. The van der Waals surface area contributed by atoms with Crippen molar-refractivity contribution >= 4 is 5.91 Å². The maximum Gasteiger partial charge on any atom is 0.251 e. The summed E-state index contributed by atoms with van der Waals surface area (Å²) in [7, 11) is 0. The first kappa shape index (κ1) is 18.6. The van der Waals surface area contributed by atoms with E-state index in [0.29, 0.717) is 17.9 Å². The van der Waals surface area contributed by atoms with E-state index in [1.54, 1.807) is 36.4 Å². The second-order valence-electron chi connectivity index (χ2n) is 6.37. The van der Waals surface area contributed by atoms with Crippen LogP contribution in [0.5, 0.6) is 5.75 Å². The van der Waals surface area contributed by atoms with Gasteiger partial charge in [0.25, 0.3) is 5.91 Å². The minimum absolute atomic E-state index is 0.227. The van der Waals surface area contributed by atoms with E-state index in [2.05, 4.69) is 10.5 Å². The summed E-state index contributed by atoms with van der Waals surface area (Å²) in [6.45, 7) is 5.86. The Balaban J connectivity index is 1.65. The molecule has 1 N–H and O–H groups in total. The van der Waals surface area contributed by atoms with Gasteiger partial charge < -0.3 is 14.6 Å². The van der Waals surface area contributed by atoms with Gasteiger partial charge in [-0.3, -0.25) is 4.79 Å². The maximum absolute atomic E-state index is 13.0. The number of nitrogens with one attached hydrogen (secondary N) is 1. The van der Waals surface area contributed by atoms with Crippen molar-refractivity contribution < 1.29 is 18.4 Å². The van der Waals surface area contributed by atoms with E-state index in [1.807, 2.05) is 20.8 Å². The molecule has 27 heavy (non-hydrogen) atoms. The summed E-state index contributed by atoms with van der Waals surface area (Å²) in [5.74, 6) is 0.765. The number of carbonyl (C=O) groups excluding carboxylic acids is 1. The first-order chi connectivity index (χ1) is 12.9. The highest BCUT2D eigenvalue weighted by Crippen LogP contribution is 2.19. The average molecular weight is 368 g/mol. The Morgan fingerprint density at radius 2 is 1.96 bits per heavy atom. The molecule has 0 aliphatic rings. The van der Waals surface area contributed by atoms with Gasteiger partial charge in [0, 0.05) is 5.56 Å². The van der Waals surface area contributed by atoms with Crippen LogP contribution in [0.4, 0.5) is 4.39 Å². The van der Waals surface area contributed by atoms with Crippen LogP contribution in [0.25, 0.3) is 0 Å². The van der Waals surface area contributed by atoms with Crippen molar-refractivity contribution in [2.45, 2.75) is 33.4 Å². The lowest BCUT2D eigenvalue weighted by molar-refractivity contribution is 0.0939. The number of aryl methyl sites for hydroxylation is 2. The molecule has 0 radical (unpaired) electrons. The highest BCUT2D eigenvalue weighted by atomic mass is 19.1. The van der Waals surface area contributed by atoms with Crippen LogP contribution in [0.3, 0.4) is 0 Å². The lowest BCUT2D eigenvalue weighted by Crippen LogP contribution is -2.26. The number of hydrogen-bond donors (Lipinski definition) is 1. The standard InChI is InChI=1S/C21H21FN2O3/c1-13(16-7-9-18(22)10-8-16)23-21(25)17-5-4-6-19(11-17)26-12-20-14(2)24-27-15(20)3/h4-11,13H,12H2,1-3H3,(H,23,25). The first-order valence-corrected chi connectivity index (χ1v) is 8.65. The summed E-state index contributed by atoms with van der Waals surface area (Å²) in [5, 5.41) is 6.80. The number of carbonyl (C=O) groups is 1. The molecule has 1 heterocycles. The molecule has 1 unspecified atom stereocenters. The van der Waals surface area contributed by atoms with Crippen LogP contribution in [0.2, 0.25) is 0 Å². The Bertz CT molecular complexity index is 915. The van der Waals surface area contributed by atoms with Crippen LogP contribution in [-0.4, -0.2) is 11.1 Å². The zero-order valence-electron chi connectivity index (χ0n) is 15.5. The van der Waals surface area contributed by atoms with Crippen LogP contribution in [-0.2, 0) is 6.61 Å². The molecular weight excluding hydrogens is 347 g/mol. The second kappa shape index (κ2) is 8.03. The molecule has 3 rings (SSSR count). The lowest BCUT2D eigenvalue weighted by atomic mass is 10.1. The van der Waals surface area contributed by atoms with Crippen LogP contribution in [0, 0.1) is 19.7 Å². The minimum Gasteiger partial charge on any atom is -0.489 e. The van der Waals surface area contributed by atoms with Crippen molar-refractivity contribution in [3.63, 3.8) is 0 Å². The van der Waals surface area contributed by atoms with Crippen LogP contribution >= 0.6 is 0 Å². The van der Waals surface area contributed by atoms with E-state index < -0.39 is 0 Å². The van der Waals surface area contributed by atoms with Gasteiger partial charge in [0.05, 0.1) is 17.3 Å². The lowest BCUT2D eigenvalue weighted by Gasteiger charge is -2.15. The van der Waals surface area contributed by atoms with E-state index in [4.69, 9.17) is 9.26 Å². The van der Waals surface area contributed by atoms with E-state index in [9.17, 15) is 9.18 Å². The summed E-state index contributed by atoms with van der Waals surface area (Å²) in [6.07, 6.45) is 0. The number of hydrogen-bond acceptors (Lipinski definition) is 4. The normalized spacial score (nSPS) is 11.9. The summed E-state index contributed by atoms with van der Waals surface area (Å²) in [6, 6.07) is 12.8. The molecule has 0 aliphatic heterocycles. The Kier molecular flexibility index (Phi) is 5.54. The SMILES string of the molecule is Cc1noc(C)c1COc1cccc(C(=O)NC(C)c2ccc(F)cc2)c1. The first-order valence-electron chi connectivity index (χ1n) is 8.65. The molecule has 1 atom stereocenters. The number of aromatic nitrogens is 1. The van der Waals surface area contributed by atoms with Gasteiger partial charge in [0.15, 0.2) is 0 Å². The molecule has 0 bridgehead atoms. The van der Waals surface area contributed by atoms with Crippen LogP contribution in [0.15, 0.2) is 53.1 Å². The largest absolute Gasteiger partial charge is 0.489 e. The zero-order chi connectivity index (χ0) is 19.4. The fourth-order valence-corrected chi connectivity index (χ4v) is 2.71. The summed E-state index contributed by atoms with van der Waals surface area (Å²) in [5.41, 5.74) is 3.00. The van der Waals surface area contributed by atoms with Crippen molar-refractivity contribution in [3.05, 3.63) is 82.5 Å². The molecule has 6 heteroatoms. The predicted molar refractivity (Wildman–Crippen MR) is 99.0 cm³/mol. The molecule has 140 valence electrons. The molecule has 3 aromatic rings. The molecule has 1 amide bonds. The number of benzene rings is 2. The molecule has 0 spiro atoms. The summed E-state index contributed by atoms with van der Waals surface area (Å²) < 4.78 is 23.9. The molecule has 5 nitrogen and oxygen atoms in total. The van der Waals surface area contributed by atoms with Gasteiger partial charge in [-0.2, -0.15) is 0 Å². The van der Waals surface area contributed by atoms with Gasteiger partial charge in [-0.25, -0.2) is 4.39 Å². The Hall–Kier alpha value is -3.15. The van der Waals surface area contributed by atoms with E-state index in [-0.39, 0.29) is 17.8 Å². The maximum atomic E-state index is 13.0. The van der Waals surface area contributed by atoms with Gasteiger partial charge >= 0.3 is 0 Å². The fraction of sp³-hybridized carbons (Fsp3) is 0.238. The monoisotopic (exact) mass is 368 g/mol. The Morgan fingerprint density at radius 1 is 1.22 bits per heavy atom. The number of halogens is 1. The third kappa shape index (κ3) is 4.53.